The van der Waals surface area contributed by atoms with Gasteiger partial charge in [-0.2, -0.15) is 0 Å². The van der Waals surface area contributed by atoms with E-state index >= 15 is 0 Å². The Bertz CT molecular complexity index is 353. The predicted octanol–water partition coefficient (Wildman–Crippen LogP) is 4.14. The van der Waals surface area contributed by atoms with E-state index in [1.807, 2.05) is 0 Å². The quantitative estimate of drug-likeness (QED) is 0.732. The topological polar surface area (TPSA) is 3.24 Å². The summed E-state index contributed by atoms with van der Waals surface area (Å²) < 4.78 is 0. The predicted molar refractivity (Wildman–Crippen MR) is 69.2 cm³/mol. The molecule has 0 amide bonds. The van der Waals surface area contributed by atoms with Crippen LogP contribution in [0.2, 0.25) is 0 Å². The van der Waals surface area contributed by atoms with Crippen LogP contribution in [0, 0.1) is 0 Å². The van der Waals surface area contributed by atoms with Crippen LogP contribution in [0.25, 0.3) is 0 Å². The molecule has 0 radical (unpaired) electrons. The van der Waals surface area contributed by atoms with E-state index in [2.05, 4.69) is 55.3 Å². The Kier molecular flexibility index (Phi) is 3.66. The lowest BCUT2D eigenvalue weighted by molar-refractivity contribution is 0.277. The third kappa shape index (κ3) is 2.46. The average molecular weight is 215 g/mol. The Labute approximate surface area is 98.8 Å². The molecule has 0 saturated heterocycles. The summed E-state index contributed by atoms with van der Waals surface area (Å²) in [6, 6.07) is 11.3. The Morgan fingerprint density at radius 2 is 2.00 bits per heavy atom. The molecular weight excluding hydrogens is 194 g/mol. The van der Waals surface area contributed by atoms with E-state index in [-0.39, 0.29) is 0 Å². The van der Waals surface area contributed by atoms with Crippen molar-refractivity contribution in [1.82, 2.24) is 4.90 Å². The van der Waals surface area contributed by atoms with Crippen molar-refractivity contribution in [3.05, 3.63) is 47.7 Å². The summed E-state index contributed by atoms with van der Waals surface area (Å²) in [7, 11) is 0. The molecule has 0 aromatic heterocycles. The molecule has 0 unspecified atom stereocenters. The third-order valence-corrected chi connectivity index (χ3v) is 3.50. The van der Waals surface area contributed by atoms with E-state index in [0.717, 1.165) is 0 Å². The zero-order valence-corrected chi connectivity index (χ0v) is 10.3. The molecule has 2 rings (SSSR count). The highest BCUT2D eigenvalue weighted by Gasteiger charge is 2.15. The monoisotopic (exact) mass is 215 g/mol. The van der Waals surface area contributed by atoms with Crippen molar-refractivity contribution in [3.63, 3.8) is 0 Å². The molecule has 1 heteroatoms. The van der Waals surface area contributed by atoms with Gasteiger partial charge in [0.25, 0.3) is 0 Å². The van der Waals surface area contributed by atoms with Gasteiger partial charge in [-0.25, -0.2) is 0 Å². The second-order valence-corrected chi connectivity index (χ2v) is 4.57. The maximum Gasteiger partial charge on any atom is 0.0508 e. The minimum absolute atomic E-state index is 0.503. The molecule has 0 bridgehead atoms. The first-order valence-corrected chi connectivity index (χ1v) is 6.31. The Morgan fingerprint density at radius 3 is 2.69 bits per heavy atom. The van der Waals surface area contributed by atoms with Crippen LogP contribution in [0.1, 0.15) is 44.7 Å². The number of rotatable bonds is 3. The van der Waals surface area contributed by atoms with E-state index < -0.39 is 0 Å². The van der Waals surface area contributed by atoms with Crippen LogP contribution in [0.3, 0.4) is 0 Å². The number of benzene rings is 1. The van der Waals surface area contributed by atoms with Crippen molar-refractivity contribution in [3.8, 4) is 0 Å². The molecule has 1 atom stereocenters. The fraction of sp³-hybridized carbons (Fsp3) is 0.467. The lowest BCUT2D eigenvalue weighted by Gasteiger charge is -2.32. The summed E-state index contributed by atoms with van der Waals surface area (Å²) in [5.41, 5.74) is 3.00. The Balaban J connectivity index is 2.13. The summed E-state index contributed by atoms with van der Waals surface area (Å²) in [6.45, 7) is 5.74. The van der Waals surface area contributed by atoms with E-state index in [1.54, 1.807) is 5.57 Å². The van der Waals surface area contributed by atoms with Gasteiger partial charge in [0, 0.05) is 6.54 Å². The Morgan fingerprint density at radius 1 is 1.25 bits per heavy atom. The molecule has 1 aliphatic rings. The van der Waals surface area contributed by atoms with Crippen LogP contribution in [-0.2, 0) is 0 Å². The standard InChI is InChI=1S/C15H21N/c1-3-14-8-7-11-16(12-14)13(2)15-9-5-4-6-10-15/h4-6,9-10,12-13H,3,7-8,11H2,1-2H3/t13-/m0/s1. The first-order valence-electron chi connectivity index (χ1n) is 6.31. The van der Waals surface area contributed by atoms with Gasteiger partial charge < -0.3 is 4.90 Å². The smallest absolute Gasteiger partial charge is 0.0508 e. The van der Waals surface area contributed by atoms with Crippen molar-refractivity contribution in [1.29, 1.82) is 0 Å². The van der Waals surface area contributed by atoms with Crippen molar-refractivity contribution >= 4 is 0 Å². The number of hydrogen-bond donors (Lipinski definition) is 0. The normalized spacial score (nSPS) is 18.1. The van der Waals surface area contributed by atoms with Gasteiger partial charge in [0.05, 0.1) is 6.04 Å². The van der Waals surface area contributed by atoms with Crippen LogP contribution in [-0.4, -0.2) is 11.4 Å². The van der Waals surface area contributed by atoms with Gasteiger partial charge in [-0.05, 0) is 37.9 Å². The maximum atomic E-state index is 2.48. The number of hydrogen-bond acceptors (Lipinski definition) is 1. The average Bonchev–Trinajstić information content (AvgIpc) is 2.39. The fourth-order valence-corrected chi connectivity index (χ4v) is 2.35. The lowest BCUT2D eigenvalue weighted by atomic mass is 10.0. The van der Waals surface area contributed by atoms with Crippen LogP contribution >= 0.6 is 0 Å². The number of nitrogens with zero attached hydrogens (tertiary/aromatic N) is 1. The summed E-state index contributed by atoms with van der Waals surface area (Å²) in [5.74, 6) is 0. The third-order valence-electron chi connectivity index (χ3n) is 3.50. The molecule has 1 heterocycles. The van der Waals surface area contributed by atoms with Gasteiger partial charge in [0.15, 0.2) is 0 Å². The van der Waals surface area contributed by atoms with Crippen molar-refractivity contribution in [2.45, 2.75) is 39.2 Å². The molecule has 1 aromatic rings. The molecule has 0 aliphatic carbocycles. The molecule has 1 nitrogen and oxygen atoms in total. The van der Waals surface area contributed by atoms with Crippen LogP contribution in [0.15, 0.2) is 42.1 Å². The van der Waals surface area contributed by atoms with Crippen molar-refractivity contribution in [2.75, 3.05) is 6.54 Å². The van der Waals surface area contributed by atoms with E-state index in [1.165, 1.54) is 31.4 Å². The van der Waals surface area contributed by atoms with Crippen LogP contribution < -0.4 is 0 Å². The first kappa shape index (κ1) is 11.3. The largest absolute Gasteiger partial charge is 0.371 e. The SMILES string of the molecule is CCC1=CN([C@@H](C)c2ccccc2)CCC1. The van der Waals surface area contributed by atoms with E-state index in [0.29, 0.717) is 6.04 Å². The van der Waals surface area contributed by atoms with Crippen LogP contribution in [0.4, 0.5) is 0 Å². The van der Waals surface area contributed by atoms with E-state index in [4.69, 9.17) is 0 Å². The minimum Gasteiger partial charge on any atom is -0.371 e. The highest BCUT2D eigenvalue weighted by atomic mass is 15.1. The van der Waals surface area contributed by atoms with Gasteiger partial charge in [-0.1, -0.05) is 42.8 Å². The molecule has 86 valence electrons. The summed E-state index contributed by atoms with van der Waals surface area (Å²) in [5, 5.41) is 0. The molecule has 1 aliphatic heterocycles. The summed E-state index contributed by atoms with van der Waals surface area (Å²) >= 11 is 0. The van der Waals surface area contributed by atoms with Gasteiger partial charge in [-0.15, -0.1) is 0 Å². The summed E-state index contributed by atoms with van der Waals surface area (Å²) in [4.78, 5) is 2.48. The molecular formula is C15H21N. The highest BCUT2D eigenvalue weighted by molar-refractivity contribution is 5.20. The second-order valence-electron chi connectivity index (χ2n) is 4.57. The van der Waals surface area contributed by atoms with Gasteiger partial charge >= 0.3 is 0 Å². The van der Waals surface area contributed by atoms with Gasteiger partial charge in [-0.3, -0.25) is 0 Å². The van der Waals surface area contributed by atoms with E-state index in [9.17, 15) is 0 Å². The lowest BCUT2D eigenvalue weighted by Crippen LogP contribution is -2.26. The number of allylic oxidation sites excluding steroid dienone is 1. The molecule has 0 spiro atoms. The maximum absolute atomic E-state index is 2.48. The van der Waals surface area contributed by atoms with Gasteiger partial charge in [0.2, 0.25) is 0 Å². The zero-order chi connectivity index (χ0) is 11.4. The molecule has 0 fully saturated rings. The highest BCUT2D eigenvalue weighted by Crippen LogP contribution is 2.26. The Hall–Kier alpha value is -1.24. The minimum atomic E-state index is 0.503. The fourth-order valence-electron chi connectivity index (χ4n) is 2.35. The second kappa shape index (κ2) is 5.20. The van der Waals surface area contributed by atoms with Crippen molar-refractivity contribution in [2.24, 2.45) is 0 Å². The molecule has 1 aromatic carbocycles. The molecule has 0 saturated carbocycles. The van der Waals surface area contributed by atoms with Gasteiger partial charge in [0.1, 0.15) is 0 Å². The summed E-state index contributed by atoms with van der Waals surface area (Å²) in [6.07, 6.45) is 6.16. The first-order chi connectivity index (χ1) is 7.81. The van der Waals surface area contributed by atoms with Crippen molar-refractivity contribution < 1.29 is 0 Å². The zero-order valence-electron chi connectivity index (χ0n) is 10.3. The molecule has 16 heavy (non-hydrogen) atoms. The van der Waals surface area contributed by atoms with Crippen LogP contribution in [0.5, 0.6) is 0 Å². The molecule has 0 N–H and O–H groups in total.